The Morgan fingerprint density at radius 2 is 1.84 bits per heavy atom. The van der Waals surface area contributed by atoms with Crippen molar-refractivity contribution < 1.29 is 0 Å². The largest absolute Gasteiger partial charge is 0.382 e. The third kappa shape index (κ3) is 3.08. The van der Waals surface area contributed by atoms with Crippen molar-refractivity contribution in [3.63, 3.8) is 0 Å². The van der Waals surface area contributed by atoms with Crippen LogP contribution >= 0.6 is 11.6 Å². The van der Waals surface area contributed by atoms with Gasteiger partial charge >= 0.3 is 0 Å². The lowest BCUT2D eigenvalue weighted by atomic mass is 9.69. The van der Waals surface area contributed by atoms with Crippen molar-refractivity contribution in [2.24, 2.45) is 11.8 Å². The first kappa shape index (κ1) is 13.3. The molecule has 2 heteroatoms. The van der Waals surface area contributed by atoms with Gasteiger partial charge in [-0.25, -0.2) is 0 Å². The van der Waals surface area contributed by atoms with Gasteiger partial charge in [0.15, 0.2) is 0 Å². The summed E-state index contributed by atoms with van der Waals surface area (Å²) in [6, 6.07) is 6.80. The number of benzene rings is 1. The zero-order valence-corrected chi connectivity index (χ0v) is 12.5. The van der Waals surface area contributed by atoms with Crippen LogP contribution in [0, 0.1) is 18.8 Å². The van der Waals surface area contributed by atoms with E-state index in [0.29, 0.717) is 6.04 Å². The minimum Gasteiger partial charge on any atom is -0.382 e. The number of aryl methyl sites for hydroxylation is 1. The summed E-state index contributed by atoms with van der Waals surface area (Å²) in [7, 11) is 0. The van der Waals surface area contributed by atoms with Gasteiger partial charge in [0.1, 0.15) is 0 Å². The molecule has 1 aromatic rings. The van der Waals surface area contributed by atoms with Gasteiger partial charge in [0, 0.05) is 16.8 Å². The number of halogens is 1. The molecule has 2 saturated carbocycles. The molecule has 3 atom stereocenters. The van der Waals surface area contributed by atoms with Crippen LogP contribution < -0.4 is 5.32 Å². The second-order valence-corrected chi connectivity index (χ2v) is 6.85. The smallest absolute Gasteiger partial charge is 0.0426 e. The molecule has 2 fully saturated rings. The molecule has 0 saturated heterocycles. The Hall–Kier alpha value is -0.690. The summed E-state index contributed by atoms with van der Waals surface area (Å²) in [5.41, 5.74) is 2.53. The van der Waals surface area contributed by atoms with Gasteiger partial charge in [0.2, 0.25) is 0 Å². The Bertz CT molecular complexity index is 443. The third-order valence-corrected chi connectivity index (χ3v) is 5.33. The highest BCUT2D eigenvalue weighted by Crippen LogP contribution is 2.41. The van der Waals surface area contributed by atoms with E-state index in [1.807, 2.05) is 6.07 Å². The van der Waals surface area contributed by atoms with E-state index in [-0.39, 0.29) is 0 Å². The summed E-state index contributed by atoms with van der Waals surface area (Å²) < 4.78 is 0. The van der Waals surface area contributed by atoms with E-state index >= 15 is 0 Å². The minimum atomic E-state index is 0.650. The van der Waals surface area contributed by atoms with Gasteiger partial charge in [-0.05, 0) is 55.7 Å². The monoisotopic (exact) mass is 277 g/mol. The quantitative estimate of drug-likeness (QED) is 0.761. The summed E-state index contributed by atoms with van der Waals surface area (Å²) in [6.07, 6.45) is 9.95. The van der Waals surface area contributed by atoms with Crippen LogP contribution in [0.3, 0.4) is 0 Å². The lowest BCUT2D eigenvalue weighted by Crippen LogP contribution is -2.34. The van der Waals surface area contributed by atoms with Crippen LogP contribution in [0.1, 0.15) is 50.5 Å². The van der Waals surface area contributed by atoms with Crippen molar-refractivity contribution in [2.75, 3.05) is 5.32 Å². The van der Waals surface area contributed by atoms with Crippen molar-refractivity contribution in [1.29, 1.82) is 0 Å². The summed E-state index contributed by atoms with van der Waals surface area (Å²) in [5, 5.41) is 4.57. The number of hydrogen-bond acceptors (Lipinski definition) is 1. The summed E-state index contributed by atoms with van der Waals surface area (Å²) in [5.74, 6) is 1.99. The van der Waals surface area contributed by atoms with Gasteiger partial charge in [-0.2, -0.15) is 0 Å². The molecule has 3 rings (SSSR count). The fourth-order valence-electron chi connectivity index (χ4n) is 3.97. The summed E-state index contributed by atoms with van der Waals surface area (Å²) in [6.45, 7) is 2.16. The molecule has 19 heavy (non-hydrogen) atoms. The highest BCUT2D eigenvalue weighted by Gasteiger charge is 2.32. The fourth-order valence-corrected chi connectivity index (χ4v) is 4.15. The zero-order chi connectivity index (χ0) is 13.2. The highest BCUT2D eigenvalue weighted by atomic mass is 35.5. The minimum absolute atomic E-state index is 0.650. The first-order valence-electron chi connectivity index (χ1n) is 7.75. The van der Waals surface area contributed by atoms with Crippen LogP contribution in [0.4, 0.5) is 5.69 Å². The predicted octanol–water partition coefficient (Wildman–Crippen LogP) is 5.42. The molecule has 3 unspecified atom stereocenters. The molecule has 0 bridgehead atoms. The van der Waals surface area contributed by atoms with Crippen LogP contribution in [0.5, 0.6) is 0 Å². The topological polar surface area (TPSA) is 12.0 Å². The molecule has 1 aromatic carbocycles. The molecular formula is C17H24ClN. The second kappa shape index (κ2) is 5.75. The maximum absolute atomic E-state index is 6.11. The first-order chi connectivity index (χ1) is 9.22. The Morgan fingerprint density at radius 1 is 1.05 bits per heavy atom. The van der Waals surface area contributed by atoms with Crippen molar-refractivity contribution in [2.45, 2.75) is 57.9 Å². The van der Waals surface area contributed by atoms with E-state index in [1.165, 1.54) is 56.2 Å². The van der Waals surface area contributed by atoms with Gasteiger partial charge in [-0.3, -0.25) is 0 Å². The second-order valence-electron chi connectivity index (χ2n) is 6.42. The number of nitrogens with one attached hydrogen (secondary N) is 1. The van der Waals surface area contributed by atoms with Crippen molar-refractivity contribution in [3.05, 3.63) is 28.8 Å². The van der Waals surface area contributed by atoms with Gasteiger partial charge in [0.25, 0.3) is 0 Å². The molecule has 0 amide bonds. The lowest BCUT2D eigenvalue weighted by Gasteiger charge is -2.40. The molecule has 104 valence electrons. The Morgan fingerprint density at radius 3 is 2.68 bits per heavy atom. The zero-order valence-electron chi connectivity index (χ0n) is 11.8. The van der Waals surface area contributed by atoms with E-state index in [2.05, 4.69) is 24.4 Å². The van der Waals surface area contributed by atoms with E-state index in [1.54, 1.807) is 0 Å². The Balaban J connectivity index is 1.65. The average molecular weight is 278 g/mol. The van der Waals surface area contributed by atoms with Gasteiger partial charge in [-0.1, -0.05) is 43.4 Å². The normalized spacial score (nSPS) is 30.7. The third-order valence-electron chi connectivity index (χ3n) is 5.10. The van der Waals surface area contributed by atoms with Crippen LogP contribution in [0.15, 0.2) is 18.2 Å². The summed E-state index contributed by atoms with van der Waals surface area (Å²) >= 11 is 6.11. The molecule has 1 nitrogen and oxygen atoms in total. The number of rotatable bonds is 2. The number of hydrogen-bond donors (Lipinski definition) is 1. The fraction of sp³-hybridized carbons (Fsp3) is 0.647. The van der Waals surface area contributed by atoms with E-state index in [4.69, 9.17) is 11.6 Å². The van der Waals surface area contributed by atoms with Crippen LogP contribution in [-0.4, -0.2) is 6.04 Å². The average Bonchev–Trinajstić information content (AvgIpc) is 2.43. The maximum atomic E-state index is 6.11. The van der Waals surface area contributed by atoms with Crippen molar-refractivity contribution >= 4 is 17.3 Å². The predicted molar refractivity (Wildman–Crippen MR) is 82.9 cm³/mol. The van der Waals surface area contributed by atoms with E-state index in [9.17, 15) is 0 Å². The van der Waals surface area contributed by atoms with Crippen LogP contribution in [-0.2, 0) is 0 Å². The molecule has 0 heterocycles. The lowest BCUT2D eigenvalue weighted by molar-refractivity contribution is 0.162. The molecule has 2 aliphatic rings. The molecule has 0 aliphatic heterocycles. The van der Waals surface area contributed by atoms with Crippen molar-refractivity contribution in [3.8, 4) is 0 Å². The Kier molecular flexibility index (Phi) is 4.02. The van der Waals surface area contributed by atoms with E-state index in [0.717, 1.165) is 16.9 Å². The van der Waals surface area contributed by atoms with Crippen LogP contribution in [0.25, 0.3) is 0 Å². The Labute approximate surface area is 121 Å². The standard InChI is InChI=1S/C17H24ClN/c1-12-6-8-15(18)11-17(12)19-16-9-7-13-4-2-3-5-14(13)10-16/h6,8,11,13-14,16,19H,2-5,7,9-10H2,1H3. The number of anilines is 1. The van der Waals surface area contributed by atoms with Crippen molar-refractivity contribution in [1.82, 2.24) is 0 Å². The van der Waals surface area contributed by atoms with E-state index < -0.39 is 0 Å². The van der Waals surface area contributed by atoms with Gasteiger partial charge < -0.3 is 5.32 Å². The molecule has 2 aliphatic carbocycles. The van der Waals surface area contributed by atoms with Gasteiger partial charge in [-0.15, -0.1) is 0 Å². The summed E-state index contributed by atoms with van der Waals surface area (Å²) in [4.78, 5) is 0. The van der Waals surface area contributed by atoms with Crippen LogP contribution in [0.2, 0.25) is 5.02 Å². The molecular weight excluding hydrogens is 254 g/mol. The number of fused-ring (bicyclic) bond motifs is 1. The molecule has 0 spiro atoms. The molecule has 0 radical (unpaired) electrons. The first-order valence-corrected chi connectivity index (χ1v) is 8.13. The SMILES string of the molecule is Cc1ccc(Cl)cc1NC1CCC2CCCCC2C1. The highest BCUT2D eigenvalue weighted by molar-refractivity contribution is 6.30. The van der Waals surface area contributed by atoms with Gasteiger partial charge in [0.05, 0.1) is 0 Å². The molecule has 1 N–H and O–H groups in total. The maximum Gasteiger partial charge on any atom is 0.0426 e. The molecule has 0 aromatic heterocycles.